The van der Waals surface area contributed by atoms with Crippen molar-refractivity contribution in [3.8, 4) is 5.75 Å². The van der Waals surface area contributed by atoms with Gasteiger partial charge in [0, 0.05) is 22.3 Å². The molecular formula is C14H20ClNO4S. The van der Waals surface area contributed by atoms with Gasteiger partial charge in [-0.3, -0.25) is 4.79 Å². The molecule has 1 rings (SSSR count). The lowest BCUT2D eigenvalue weighted by molar-refractivity contribution is 0.0910. The molecule has 0 aliphatic carbocycles. The van der Waals surface area contributed by atoms with E-state index in [1.807, 2.05) is 27.7 Å². The highest BCUT2D eigenvalue weighted by Crippen LogP contribution is 2.28. The minimum Gasteiger partial charge on any atom is -0.495 e. The van der Waals surface area contributed by atoms with E-state index in [-0.39, 0.29) is 33.6 Å². The Hall–Kier alpha value is -1.27. The van der Waals surface area contributed by atoms with Crippen molar-refractivity contribution in [2.24, 2.45) is 5.41 Å². The van der Waals surface area contributed by atoms with Gasteiger partial charge in [0.2, 0.25) is 0 Å². The zero-order valence-electron chi connectivity index (χ0n) is 12.7. The molecule has 0 saturated carbocycles. The van der Waals surface area contributed by atoms with Gasteiger partial charge in [-0.05, 0) is 30.5 Å². The summed E-state index contributed by atoms with van der Waals surface area (Å²) < 4.78 is 28.0. The van der Waals surface area contributed by atoms with E-state index in [0.29, 0.717) is 0 Å². The number of carbonyl (C=O) groups is 1. The molecule has 7 heteroatoms. The molecule has 0 fully saturated rings. The minimum absolute atomic E-state index is 0.0804. The lowest BCUT2D eigenvalue weighted by Gasteiger charge is -2.28. The molecule has 0 bridgehead atoms. The van der Waals surface area contributed by atoms with Gasteiger partial charge in [-0.15, -0.1) is 0 Å². The van der Waals surface area contributed by atoms with Crippen LogP contribution in [0.2, 0.25) is 0 Å². The third kappa shape index (κ3) is 4.61. The summed E-state index contributed by atoms with van der Waals surface area (Å²) in [6, 6.07) is 4.04. The molecule has 0 saturated heterocycles. The van der Waals surface area contributed by atoms with Gasteiger partial charge < -0.3 is 10.1 Å². The van der Waals surface area contributed by atoms with Gasteiger partial charge in [0.15, 0.2) is 0 Å². The molecule has 0 radical (unpaired) electrons. The lowest BCUT2D eigenvalue weighted by atomic mass is 9.88. The fourth-order valence-corrected chi connectivity index (χ4v) is 2.53. The number of amides is 1. The van der Waals surface area contributed by atoms with E-state index in [1.165, 1.54) is 25.3 Å². The highest BCUT2D eigenvalue weighted by molar-refractivity contribution is 8.13. The smallest absolute Gasteiger partial charge is 0.265 e. The van der Waals surface area contributed by atoms with Crippen molar-refractivity contribution >= 4 is 25.6 Å². The van der Waals surface area contributed by atoms with Crippen molar-refractivity contribution in [3.63, 3.8) is 0 Å². The summed E-state index contributed by atoms with van der Waals surface area (Å²) in [7, 11) is 2.70. The number of hydrogen-bond donors (Lipinski definition) is 1. The van der Waals surface area contributed by atoms with E-state index in [2.05, 4.69) is 5.32 Å². The molecule has 1 aromatic rings. The monoisotopic (exact) mass is 333 g/mol. The van der Waals surface area contributed by atoms with Crippen LogP contribution in [0.25, 0.3) is 0 Å². The second-order valence-corrected chi connectivity index (χ2v) is 8.40. The van der Waals surface area contributed by atoms with Crippen molar-refractivity contribution in [1.29, 1.82) is 0 Å². The summed E-state index contributed by atoms with van der Waals surface area (Å²) in [6.07, 6.45) is 0. The zero-order valence-corrected chi connectivity index (χ0v) is 14.3. The van der Waals surface area contributed by atoms with Gasteiger partial charge >= 0.3 is 0 Å². The molecule has 1 unspecified atom stereocenters. The fraction of sp³-hybridized carbons (Fsp3) is 0.500. The SMILES string of the molecule is COc1ccc(C(=O)NC(C)C(C)(C)C)cc1S(=O)(=O)Cl. The molecule has 1 amide bonds. The maximum atomic E-state index is 12.2. The Labute approximate surface area is 130 Å². The van der Waals surface area contributed by atoms with Crippen LogP contribution in [0.1, 0.15) is 38.1 Å². The Morgan fingerprint density at radius 2 is 1.90 bits per heavy atom. The van der Waals surface area contributed by atoms with Gasteiger partial charge in [-0.2, -0.15) is 0 Å². The third-order valence-corrected chi connectivity index (χ3v) is 4.68. The molecule has 1 aromatic carbocycles. The summed E-state index contributed by atoms with van der Waals surface area (Å²) in [6.45, 7) is 7.89. The number of carbonyl (C=O) groups excluding carboxylic acids is 1. The second kappa shape index (κ2) is 6.23. The maximum Gasteiger partial charge on any atom is 0.265 e. The van der Waals surface area contributed by atoms with Crippen LogP contribution in [-0.4, -0.2) is 27.5 Å². The number of rotatable bonds is 4. The van der Waals surface area contributed by atoms with Crippen LogP contribution < -0.4 is 10.1 Å². The van der Waals surface area contributed by atoms with Crippen LogP contribution in [0.15, 0.2) is 23.1 Å². The average Bonchev–Trinajstić information content (AvgIpc) is 2.35. The molecule has 0 spiro atoms. The number of benzene rings is 1. The van der Waals surface area contributed by atoms with Crippen molar-refractivity contribution < 1.29 is 17.9 Å². The molecule has 5 nitrogen and oxygen atoms in total. The van der Waals surface area contributed by atoms with Crippen LogP contribution in [0, 0.1) is 5.41 Å². The molecule has 0 heterocycles. The summed E-state index contributed by atoms with van der Waals surface area (Å²) in [5, 5.41) is 2.83. The van der Waals surface area contributed by atoms with Crippen molar-refractivity contribution in [1.82, 2.24) is 5.32 Å². The Bertz CT molecular complexity index is 635. The molecule has 0 aliphatic heterocycles. The molecule has 1 atom stereocenters. The van der Waals surface area contributed by atoms with Crippen LogP contribution in [0.4, 0.5) is 0 Å². The predicted molar refractivity (Wildman–Crippen MR) is 82.4 cm³/mol. The first-order chi connectivity index (χ1) is 9.46. The van der Waals surface area contributed by atoms with Gasteiger partial charge in [-0.25, -0.2) is 8.42 Å². The summed E-state index contributed by atoms with van der Waals surface area (Å²) in [5.41, 5.74) is 0.106. The van der Waals surface area contributed by atoms with E-state index in [0.717, 1.165) is 0 Å². The number of ether oxygens (including phenoxy) is 1. The van der Waals surface area contributed by atoms with E-state index < -0.39 is 9.05 Å². The highest BCUT2D eigenvalue weighted by atomic mass is 35.7. The molecule has 0 aromatic heterocycles. The number of methoxy groups -OCH3 is 1. The van der Waals surface area contributed by atoms with E-state index in [9.17, 15) is 13.2 Å². The van der Waals surface area contributed by atoms with E-state index in [1.54, 1.807) is 0 Å². The zero-order chi connectivity index (χ0) is 16.4. The first kappa shape index (κ1) is 17.8. The molecule has 118 valence electrons. The summed E-state index contributed by atoms with van der Waals surface area (Å²) in [5.74, 6) is -0.257. The first-order valence-corrected chi connectivity index (χ1v) is 8.71. The largest absolute Gasteiger partial charge is 0.495 e. The average molecular weight is 334 g/mol. The van der Waals surface area contributed by atoms with Gasteiger partial charge in [-0.1, -0.05) is 20.8 Å². The van der Waals surface area contributed by atoms with Crippen LogP contribution >= 0.6 is 10.7 Å². The minimum atomic E-state index is -3.99. The predicted octanol–water partition coefficient (Wildman–Crippen LogP) is 2.79. The third-order valence-electron chi connectivity index (χ3n) is 3.34. The Balaban J connectivity index is 3.13. The Kier molecular flexibility index (Phi) is 5.28. The summed E-state index contributed by atoms with van der Waals surface area (Å²) >= 11 is 0. The molecule has 0 aliphatic rings. The van der Waals surface area contributed by atoms with Crippen molar-refractivity contribution in [2.75, 3.05) is 7.11 Å². The summed E-state index contributed by atoms with van der Waals surface area (Å²) in [4.78, 5) is 12.0. The maximum absolute atomic E-state index is 12.2. The first-order valence-electron chi connectivity index (χ1n) is 6.40. The molecule has 1 N–H and O–H groups in total. The molecular weight excluding hydrogens is 314 g/mol. The Morgan fingerprint density at radius 1 is 1.33 bits per heavy atom. The van der Waals surface area contributed by atoms with Crippen molar-refractivity contribution in [2.45, 2.75) is 38.6 Å². The quantitative estimate of drug-likeness (QED) is 0.860. The van der Waals surface area contributed by atoms with Crippen molar-refractivity contribution in [3.05, 3.63) is 23.8 Å². The number of halogens is 1. The second-order valence-electron chi connectivity index (χ2n) is 5.86. The van der Waals surface area contributed by atoms with E-state index >= 15 is 0 Å². The van der Waals surface area contributed by atoms with Gasteiger partial charge in [0.25, 0.3) is 15.0 Å². The number of nitrogens with one attached hydrogen (secondary N) is 1. The van der Waals surface area contributed by atoms with E-state index in [4.69, 9.17) is 15.4 Å². The van der Waals surface area contributed by atoms with Gasteiger partial charge in [0.1, 0.15) is 10.6 Å². The standard InChI is InChI=1S/C14H20ClNO4S/c1-9(14(2,3)4)16-13(17)10-6-7-11(20-5)12(8-10)21(15,18)19/h6-9H,1-5H3,(H,16,17). The topological polar surface area (TPSA) is 72.5 Å². The lowest BCUT2D eigenvalue weighted by Crippen LogP contribution is -2.41. The van der Waals surface area contributed by atoms with Crippen LogP contribution in [-0.2, 0) is 9.05 Å². The van der Waals surface area contributed by atoms with Crippen LogP contribution in [0.5, 0.6) is 5.75 Å². The number of hydrogen-bond acceptors (Lipinski definition) is 4. The Morgan fingerprint density at radius 3 is 2.33 bits per heavy atom. The normalized spacial score (nSPS) is 13.6. The van der Waals surface area contributed by atoms with Crippen LogP contribution in [0.3, 0.4) is 0 Å². The molecule has 21 heavy (non-hydrogen) atoms. The van der Waals surface area contributed by atoms with Gasteiger partial charge in [0.05, 0.1) is 7.11 Å². The highest BCUT2D eigenvalue weighted by Gasteiger charge is 2.24. The fourth-order valence-electron chi connectivity index (χ4n) is 1.50.